The summed E-state index contributed by atoms with van der Waals surface area (Å²) in [6.07, 6.45) is -1.99. The van der Waals surface area contributed by atoms with Crippen molar-refractivity contribution >= 4 is 23.9 Å². The Labute approximate surface area is 149 Å². The van der Waals surface area contributed by atoms with Crippen molar-refractivity contribution in [1.82, 2.24) is 5.32 Å². The molecule has 138 valence electrons. The monoisotopic (exact) mass is 362 g/mol. The Kier molecular flexibility index (Phi) is 5.51. The molecular formula is C17H18N2O7. The van der Waals surface area contributed by atoms with E-state index in [4.69, 9.17) is 15.2 Å². The van der Waals surface area contributed by atoms with Crippen molar-refractivity contribution in [3.8, 4) is 22.6 Å². The fourth-order valence-corrected chi connectivity index (χ4v) is 2.45. The zero-order valence-corrected chi connectivity index (χ0v) is 14.7. The number of aryl methyl sites for hydroxylation is 1. The Bertz CT molecular complexity index is 848. The van der Waals surface area contributed by atoms with Crippen molar-refractivity contribution < 1.29 is 33.3 Å². The van der Waals surface area contributed by atoms with Crippen molar-refractivity contribution in [1.29, 1.82) is 0 Å². The van der Waals surface area contributed by atoms with Crippen molar-refractivity contribution in [3.05, 3.63) is 29.3 Å². The van der Waals surface area contributed by atoms with Gasteiger partial charge in [-0.05, 0) is 30.7 Å². The Balaban J connectivity index is 2.75. The lowest BCUT2D eigenvalue weighted by molar-refractivity contribution is 0.0962. The molecular weight excluding hydrogens is 344 g/mol. The van der Waals surface area contributed by atoms with E-state index in [0.29, 0.717) is 22.3 Å². The maximum absolute atomic E-state index is 11.9. The van der Waals surface area contributed by atoms with E-state index < -0.39 is 12.3 Å². The number of rotatable bonds is 3. The first-order chi connectivity index (χ1) is 12.3. The van der Waals surface area contributed by atoms with Gasteiger partial charge in [0.2, 0.25) is 0 Å². The van der Waals surface area contributed by atoms with E-state index in [9.17, 15) is 14.4 Å². The smallest absolute Gasteiger partial charge is 0.437 e. The first kappa shape index (κ1) is 18.8. The Morgan fingerprint density at radius 2 is 1.58 bits per heavy atom. The van der Waals surface area contributed by atoms with Crippen LogP contribution in [-0.2, 0) is 9.47 Å². The van der Waals surface area contributed by atoms with Crippen LogP contribution >= 0.6 is 0 Å². The summed E-state index contributed by atoms with van der Waals surface area (Å²) in [5, 5.41) is 2.52. The van der Waals surface area contributed by atoms with Crippen molar-refractivity contribution in [2.45, 2.75) is 6.92 Å². The summed E-state index contributed by atoms with van der Waals surface area (Å²) >= 11 is 0. The van der Waals surface area contributed by atoms with Gasteiger partial charge in [0, 0.05) is 23.7 Å². The summed E-state index contributed by atoms with van der Waals surface area (Å²) in [5.41, 5.74) is 7.60. The van der Waals surface area contributed by atoms with Crippen LogP contribution in [0.15, 0.2) is 18.2 Å². The molecule has 2 rings (SSSR count). The largest absolute Gasteiger partial charge is 0.513 e. The SMILES string of the molecule is CNC(=O)c1ccc2c(OC(=O)OC)c(N)c(OC(=O)OC)c-2c(C)c1. The van der Waals surface area contributed by atoms with Crippen LogP contribution in [-0.4, -0.2) is 39.5 Å². The molecule has 26 heavy (non-hydrogen) atoms. The molecule has 1 amide bonds. The number of ether oxygens (including phenoxy) is 4. The number of carbonyl (C=O) groups excluding carboxylic acids is 3. The Morgan fingerprint density at radius 3 is 2.12 bits per heavy atom. The van der Waals surface area contributed by atoms with Crippen LogP contribution in [0.25, 0.3) is 11.1 Å². The van der Waals surface area contributed by atoms with Gasteiger partial charge in [-0.1, -0.05) is 0 Å². The molecule has 9 heteroatoms. The second-order valence-corrected chi connectivity index (χ2v) is 5.17. The third-order valence-electron chi connectivity index (χ3n) is 3.62. The van der Waals surface area contributed by atoms with Gasteiger partial charge in [-0.3, -0.25) is 4.79 Å². The quantitative estimate of drug-likeness (QED) is 0.797. The lowest BCUT2D eigenvalue weighted by Gasteiger charge is -2.05. The molecule has 0 aromatic carbocycles. The average Bonchev–Trinajstić information content (AvgIpc) is 2.78. The predicted octanol–water partition coefficient (Wildman–Crippen LogP) is 2.33. The molecule has 9 nitrogen and oxygen atoms in total. The summed E-state index contributed by atoms with van der Waals surface area (Å²) in [7, 11) is 3.79. The van der Waals surface area contributed by atoms with Crippen LogP contribution in [0, 0.1) is 6.92 Å². The van der Waals surface area contributed by atoms with Gasteiger partial charge in [0.25, 0.3) is 5.91 Å². The van der Waals surface area contributed by atoms with Crippen LogP contribution < -0.4 is 20.5 Å². The predicted molar refractivity (Wildman–Crippen MR) is 91.7 cm³/mol. The number of amides is 1. The third kappa shape index (κ3) is 3.46. The van der Waals surface area contributed by atoms with Gasteiger partial charge >= 0.3 is 12.3 Å². The maximum atomic E-state index is 11.9. The van der Waals surface area contributed by atoms with Crippen LogP contribution in [0.2, 0.25) is 0 Å². The zero-order chi connectivity index (χ0) is 19.4. The minimum absolute atomic E-state index is 0.0395. The van der Waals surface area contributed by atoms with E-state index in [1.165, 1.54) is 19.2 Å². The third-order valence-corrected chi connectivity index (χ3v) is 3.62. The van der Waals surface area contributed by atoms with Crippen molar-refractivity contribution in [2.24, 2.45) is 0 Å². The molecule has 0 spiro atoms. The number of hydrogen-bond acceptors (Lipinski definition) is 8. The number of hydrogen-bond donors (Lipinski definition) is 2. The summed E-state index contributed by atoms with van der Waals surface area (Å²) in [4.78, 5) is 35.1. The topological polar surface area (TPSA) is 126 Å². The first-order valence-corrected chi connectivity index (χ1v) is 7.43. The zero-order valence-electron chi connectivity index (χ0n) is 14.7. The lowest BCUT2D eigenvalue weighted by Crippen LogP contribution is -2.17. The molecule has 0 radical (unpaired) electrons. The second-order valence-electron chi connectivity index (χ2n) is 5.17. The minimum atomic E-state index is -0.996. The van der Waals surface area contributed by atoms with E-state index in [-0.39, 0.29) is 23.1 Å². The highest BCUT2D eigenvalue weighted by Crippen LogP contribution is 2.51. The van der Waals surface area contributed by atoms with Gasteiger partial charge < -0.3 is 30.0 Å². The molecule has 0 unspecified atom stereocenters. The van der Waals surface area contributed by atoms with E-state index in [0.717, 1.165) is 14.2 Å². The molecule has 2 aliphatic carbocycles. The molecule has 0 saturated heterocycles. The number of nitrogens with two attached hydrogens (primary N) is 1. The number of fused-ring (bicyclic) bond motifs is 1. The summed E-state index contributed by atoms with van der Waals surface area (Å²) in [5.74, 6) is -0.403. The molecule has 0 saturated carbocycles. The van der Waals surface area contributed by atoms with Gasteiger partial charge in [-0.15, -0.1) is 0 Å². The van der Waals surface area contributed by atoms with E-state index in [1.54, 1.807) is 13.0 Å². The minimum Gasteiger partial charge on any atom is -0.437 e. The van der Waals surface area contributed by atoms with Gasteiger partial charge in [-0.25, -0.2) is 9.59 Å². The van der Waals surface area contributed by atoms with Gasteiger partial charge in [0.15, 0.2) is 11.5 Å². The molecule has 0 aliphatic heterocycles. The van der Waals surface area contributed by atoms with Gasteiger partial charge in [-0.2, -0.15) is 0 Å². The van der Waals surface area contributed by atoms with E-state index in [2.05, 4.69) is 14.8 Å². The Morgan fingerprint density at radius 1 is 1.00 bits per heavy atom. The average molecular weight is 362 g/mol. The van der Waals surface area contributed by atoms with Crippen LogP contribution in [0.4, 0.5) is 15.3 Å². The van der Waals surface area contributed by atoms with Crippen molar-refractivity contribution in [2.75, 3.05) is 27.0 Å². The van der Waals surface area contributed by atoms with Crippen molar-refractivity contribution in [3.63, 3.8) is 0 Å². The summed E-state index contributed by atoms with van der Waals surface area (Å²) in [6.45, 7) is 1.69. The Hall–Kier alpha value is -3.49. The highest BCUT2D eigenvalue weighted by atomic mass is 16.7. The standard InChI is InChI=1S/C17H18N2O7/c1-8-7-9(15(20)19-2)5-6-10-11(8)14(26-17(22)24-4)12(18)13(10)25-16(21)23-3/h5-7H,18H2,1-4H3,(H,19,20). The van der Waals surface area contributed by atoms with Crippen LogP contribution in [0.1, 0.15) is 15.9 Å². The first-order valence-electron chi connectivity index (χ1n) is 7.43. The molecule has 0 atom stereocenters. The number of nitrogens with one attached hydrogen (secondary N) is 1. The molecule has 0 fully saturated rings. The fraction of sp³-hybridized carbons (Fsp3) is 0.235. The van der Waals surface area contributed by atoms with Gasteiger partial charge in [0.1, 0.15) is 5.69 Å². The number of nitrogen functional groups attached to an aromatic ring is 1. The van der Waals surface area contributed by atoms with E-state index in [1.807, 2.05) is 0 Å². The van der Waals surface area contributed by atoms with E-state index >= 15 is 0 Å². The van der Waals surface area contributed by atoms with Gasteiger partial charge in [0.05, 0.1) is 14.2 Å². The molecule has 3 N–H and O–H groups in total. The number of methoxy groups -OCH3 is 2. The summed E-state index contributed by atoms with van der Waals surface area (Å²) < 4.78 is 19.2. The van der Waals surface area contributed by atoms with Crippen LogP contribution in [0.3, 0.4) is 0 Å². The normalized spacial score (nSPS) is 10.2. The highest BCUT2D eigenvalue weighted by Gasteiger charge is 2.29. The summed E-state index contributed by atoms with van der Waals surface area (Å²) in [6, 6.07) is 4.65. The molecule has 0 bridgehead atoms. The molecule has 0 aromatic heterocycles. The second kappa shape index (κ2) is 7.60. The number of carbonyl (C=O) groups is 3. The number of anilines is 1. The molecule has 0 heterocycles. The maximum Gasteiger partial charge on any atom is 0.513 e. The lowest BCUT2D eigenvalue weighted by atomic mass is 10.1. The molecule has 2 aliphatic rings. The fourth-order valence-electron chi connectivity index (χ4n) is 2.45. The highest BCUT2D eigenvalue weighted by molar-refractivity contribution is 5.99. The molecule has 0 aromatic rings. The van der Waals surface area contributed by atoms with Crippen LogP contribution in [0.5, 0.6) is 11.5 Å².